The Morgan fingerprint density at radius 1 is 1.02 bits per heavy atom. The summed E-state index contributed by atoms with van der Waals surface area (Å²) in [5, 5.41) is 8.87. The summed E-state index contributed by atoms with van der Waals surface area (Å²) >= 11 is 0. The molecule has 2 unspecified atom stereocenters. The van der Waals surface area contributed by atoms with Crippen molar-refractivity contribution in [3.63, 3.8) is 0 Å². The summed E-state index contributed by atoms with van der Waals surface area (Å²) in [6.07, 6.45) is 15.2. The van der Waals surface area contributed by atoms with Gasteiger partial charge in [-0.05, 0) is 63.7 Å². The van der Waals surface area contributed by atoms with Crippen molar-refractivity contribution in [1.29, 1.82) is 0 Å². The molecule has 1 aliphatic carbocycles. The fraction of sp³-hybridized carbons (Fsp3) is 0.844. The number of carbonyl (C=O) groups is 3. The molecule has 0 spiro atoms. The summed E-state index contributed by atoms with van der Waals surface area (Å²) in [5.41, 5.74) is 0. The normalized spacial score (nSPS) is 29.1. The Morgan fingerprint density at radius 2 is 1.73 bits per heavy atom. The molecule has 3 rings (SSSR count). The number of unbranched alkanes of at least 4 members (excludes halogenated alkanes) is 2. The number of rotatable bonds is 18. The second-order valence-electron chi connectivity index (χ2n) is 12.0. The first-order valence-corrected chi connectivity index (χ1v) is 15.8. The summed E-state index contributed by atoms with van der Waals surface area (Å²) < 4.78 is 24.5. The molecule has 0 amide bonds. The third-order valence-electron chi connectivity index (χ3n) is 8.42. The van der Waals surface area contributed by atoms with Crippen LogP contribution in [0.25, 0.3) is 0 Å². The van der Waals surface area contributed by atoms with Crippen LogP contribution >= 0.6 is 0 Å². The number of carbonyl (C=O) groups excluding carboxylic acids is 2. The Morgan fingerprint density at radius 3 is 2.38 bits per heavy atom. The number of hydrogen-bond acceptors (Lipinski definition) is 7. The van der Waals surface area contributed by atoms with Gasteiger partial charge in [0.15, 0.2) is 12.6 Å². The minimum atomic E-state index is -0.854. The van der Waals surface area contributed by atoms with Gasteiger partial charge in [0, 0.05) is 50.7 Å². The summed E-state index contributed by atoms with van der Waals surface area (Å²) in [4.78, 5) is 36.9. The van der Waals surface area contributed by atoms with Gasteiger partial charge < -0.3 is 24.1 Å². The van der Waals surface area contributed by atoms with E-state index in [0.29, 0.717) is 31.8 Å². The van der Waals surface area contributed by atoms with Gasteiger partial charge in [-0.3, -0.25) is 14.4 Å². The smallest absolute Gasteiger partial charge is 0.303 e. The highest BCUT2D eigenvalue weighted by Gasteiger charge is 2.43. The molecule has 0 radical (unpaired) electrons. The van der Waals surface area contributed by atoms with Gasteiger partial charge in [0.1, 0.15) is 11.6 Å². The van der Waals surface area contributed by atoms with Crippen LogP contribution in [-0.4, -0.2) is 60.6 Å². The number of hydrogen-bond donors (Lipinski definition) is 1. The Kier molecular flexibility index (Phi) is 14.8. The zero-order valence-electron chi connectivity index (χ0n) is 24.7. The molecule has 1 N–H and O–H groups in total. The zero-order valence-corrected chi connectivity index (χ0v) is 24.7. The summed E-state index contributed by atoms with van der Waals surface area (Å²) in [6, 6.07) is 0. The van der Waals surface area contributed by atoms with Gasteiger partial charge in [0.05, 0.1) is 12.2 Å². The van der Waals surface area contributed by atoms with Crippen LogP contribution < -0.4 is 0 Å². The summed E-state index contributed by atoms with van der Waals surface area (Å²) in [5.74, 6) is -0.972. The number of ether oxygens (including phenoxy) is 4. The molecule has 0 bridgehead atoms. The highest BCUT2D eigenvalue weighted by Crippen LogP contribution is 2.37. The van der Waals surface area contributed by atoms with Gasteiger partial charge in [-0.1, -0.05) is 45.3 Å². The average molecular weight is 565 g/mol. The molecule has 3 aliphatic rings. The SMILES string of the molecule is CCCC[C@H](C)C[C@H](C=C[C@H]1[C@H](OC2CCCCO2)CC(=O)[C@@H]1CC(=O)CCCCC(=O)O)OC1CCCCO1. The molecule has 40 heavy (non-hydrogen) atoms. The fourth-order valence-corrected chi connectivity index (χ4v) is 6.08. The lowest BCUT2D eigenvalue weighted by molar-refractivity contribution is -0.192. The first-order valence-electron chi connectivity index (χ1n) is 15.8. The molecular weight excluding hydrogens is 512 g/mol. The third-order valence-corrected chi connectivity index (χ3v) is 8.42. The number of carboxylic acids is 1. The van der Waals surface area contributed by atoms with Crippen molar-refractivity contribution in [1.82, 2.24) is 0 Å². The van der Waals surface area contributed by atoms with Gasteiger partial charge in [-0.2, -0.15) is 0 Å². The lowest BCUT2D eigenvalue weighted by atomic mass is 9.87. The van der Waals surface area contributed by atoms with E-state index in [1.165, 1.54) is 6.42 Å². The second kappa shape index (κ2) is 18.0. The van der Waals surface area contributed by atoms with E-state index in [4.69, 9.17) is 24.1 Å². The first kappa shape index (κ1) is 32.9. The minimum Gasteiger partial charge on any atom is -0.481 e. The maximum absolute atomic E-state index is 13.2. The van der Waals surface area contributed by atoms with E-state index in [-0.39, 0.29) is 61.5 Å². The third kappa shape index (κ3) is 11.7. The van der Waals surface area contributed by atoms with Gasteiger partial charge in [-0.25, -0.2) is 0 Å². The maximum Gasteiger partial charge on any atom is 0.303 e. The zero-order chi connectivity index (χ0) is 28.7. The number of ketones is 2. The molecule has 0 aromatic heterocycles. The monoisotopic (exact) mass is 564 g/mol. The number of carboxylic acid groups (broad SMARTS) is 1. The van der Waals surface area contributed by atoms with Crippen molar-refractivity contribution in [3.05, 3.63) is 12.2 Å². The van der Waals surface area contributed by atoms with E-state index < -0.39 is 11.9 Å². The molecule has 8 heteroatoms. The second-order valence-corrected chi connectivity index (χ2v) is 12.0. The standard InChI is InChI=1S/C32H52O8/c1-3-4-11-23(2)20-25(39-31-14-7-9-18-37-31)16-17-26-27(21-24(33)12-5-6-13-30(35)36)28(34)22-29(26)40-32-15-8-10-19-38-32/h16-17,23,25-27,29,31-32H,3-15,18-22H2,1-2H3,(H,35,36)/t23-,25-,26+,27+,29+,31?,32?/m0/s1. The highest BCUT2D eigenvalue weighted by atomic mass is 16.7. The first-order chi connectivity index (χ1) is 19.4. The van der Waals surface area contributed by atoms with E-state index >= 15 is 0 Å². The van der Waals surface area contributed by atoms with Gasteiger partial charge >= 0.3 is 5.97 Å². The molecule has 3 fully saturated rings. The molecule has 1 saturated carbocycles. The van der Waals surface area contributed by atoms with E-state index in [1.807, 2.05) is 0 Å². The Bertz CT molecular complexity index is 799. The van der Waals surface area contributed by atoms with Crippen LogP contribution in [0.1, 0.15) is 117 Å². The van der Waals surface area contributed by atoms with Crippen LogP contribution in [0.4, 0.5) is 0 Å². The van der Waals surface area contributed by atoms with Gasteiger partial charge in [-0.15, -0.1) is 0 Å². The summed E-state index contributed by atoms with van der Waals surface area (Å²) in [6.45, 7) is 5.85. The van der Waals surface area contributed by atoms with E-state index in [9.17, 15) is 14.4 Å². The molecular formula is C32H52O8. The topological polar surface area (TPSA) is 108 Å². The van der Waals surface area contributed by atoms with Crippen molar-refractivity contribution in [2.24, 2.45) is 17.8 Å². The highest BCUT2D eigenvalue weighted by molar-refractivity contribution is 5.90. The van der Waals surface area contributed by atoms with E-state index in [2.05, 4.69) is 26.0 Å². The maximum atomic E-state index is 13.2. The van der Waals surface area contributed by atoms with Crippen molar-refractivity contribution >= 4 is 17.5 Å². The van der Waals surface area contributed by atoms with Crippen LogP contribution in [0.15, 0.2) is 12.2 Å². The van der Waals surface area contributed by atoms with Crippen molar-refractivity contribution in [2.45, 2.75) is 141 Å². The van der Waals surface area contributed by atoms with Crippen LogP contribution in [0.3, 0.4) is 0 Å². The fourth-order valence-electron chi connectivity index (χ4n) is 6.08. The molecule has 2 saturated heterocycles. The number of Topliss-reactive ketones (excluding diaryl/α,β-unsaturated/α-hetero) is 2. The predicted octanol–water partition coefficient (Wildman–Crippen LogP) is 6.39. The van der Waals surface area contributed by atoms with Crippen molar-refractivity contribution < 1.29 is 38.4 Å². The molecule has 228 valence electrons. The molecule has 0 aromatic carbocycles. The van der Waals surface area contributed by atoms with E-state index in [1.54, 1.807) is 0 Å². The average Bonchev–Trinajstić information content (AvgIpc) is 3.22. The van der Waals surface area contributed by atoms with Crippen LogP contribution in [-0.2, 0) is 33.3 Å². The largest absolute Gasteiger partial charge is 0.481 e. The quantitative estimate of drug-likeness (QED) is 0.151. The minimum absolute atomic E-state index is 0.00768. The van der Waals surface area contributed by atoms with Gasteiger partial charge in [0.2, 0.25) is 0 Å². The van der Waals surface area contributed by atoms with Crippen LogP contribution in [0.5, 0.6) is 0 Å². The summed E-state index contributed by atoms with van der Waals surface area (Å²) in [7, 11) is 0. The molecule has 7 atom stereocenters. The van der Waals surface area contributed by atoms with E-state index in [0.717, 1.165) is 64.4 Å². The molecule has 0 aromatic rings. The Hall–Kier alpha value is -1.61. The van der Waals surface area contributed by atoms with Crippen molar-refractivity contribution in [3.8, 4) is 0 Å². The molecule has 2 aliphatic heterocycles. The molecule has 2 heterocycles. The lowest BCUT2D eigenvalue weighted by Crippen LogP contribution is -2.31. The van der Waals surface area contributed by atoms with Crippen LogP contribution in [0, 0.1) is 17.8 Å². The van der Waals surface area contributed by atoms with Crippen LogP contribution in [0.2, 0.25) is 0 Å². The Balaban J connectivity index is 1.71. The Labute approximate surface area is 240 Å². The lowest BCUT2D eigenvalue weighted by Gasteiger charge is -2.30. The predicted molar refractivity (Wildman–Crippen MR) is 152 cm³/mol. The van der Waals surface area contributed by atoms with Crippen molar-refractivity contribution in [2.75, 3.05) is 13.2 Å². The van der Waals surface area contributed by atoms with Gasteiger partial charge in [0.25, 0.3) is 0 Å². The number of aliphatic carboxylic acids is 1. The molecule has 8 nitrogen and oxygen atoms in total.